The van der Waals surface area contributed by atoms with Crippen LogP contribution in [0.4, 0.5) is 28.4 Å². The molecule has 9 heteroatoms. The number of imidazole rings is 3. The smallest absolute Gasteiger partial charge is 0.264 e. The van der Waals surface area contributed by atoms with Crippen LogP contribution in [0.25, 0.3) is 56.0 Å². The lowest BCUT2D eigenvalue weighted by Crippen LogP contribution is -2.08. The molecule has 0 amide bonds. The molecule has 1 aliphatic heterocycles. The molecule has 48 heavy (non-hydrogen) atoms. The van der Waals surface area contributed by atoms with Crippen molar-refractivity contribution in [2.24, 2.45) is 0 Å². The third-order valence-corrected chi connectivity index (χ3v) is 9.15. The Hall–Kier alpha value is -6.87. The van der Waals surface area contributed by atoms with Gasteiger partial charge in [0.05, 0.1) is 72.8 Å². The van der Waals surface area contributed by atoms with Crippen LogP contribution in [0.1, 0.15) is 10.4 Å². The molecule has 6 aromatic carbocycles. The van der Waals surface area contributed by atoms with Crippen molar-refractivity contribution < 1.29 is 4.79 Å². The number of benzene rings is 6. The number of aromatic nitrogens is 5. The first-order chi connectivity index (χ1) is 23.6. The second-order valence-electron chi connectivity index (χ2n) is 11.9. The fourth-order valence-corrected chi connectivity index (χ4v) is 6.96. The van der Waals surface area contributed by atoms with E-state index in [2.05, 4.69) is 43.9 Å². The van der Waals surface area contributed by atoms with Gasteiger partial charge in [-0.2, -0.15) is 0 Å². The molecule has 0 aliphatic carbocycles. The summed E-state index contributed by atoms with van der Waals surface area (Å²) in [4.78, 5) is 24.2. The molecular weight excluding hydrogens is 596 g/mol. The van der Waals surface area contributed by atoms with Gasteiger partial charge in [0.15, 0.2) is 0 Å². The molecule has 1 aliphatic rings. The van der Waals surface area contributed by atoms with Gasteiger partial charge >= 0.3 is 0 Å². The highest BCUT2D eigenvalue weighted by Crippen LogP contribution is 2.42. The van der Waals surface area contributed by atoms with Crippen molar-refractivity contribution in [3.05, 3.63) is 139 Å². The molecule has 0 radical (unpaired) electrons. The second kappa shape index (κ2) is 9.81. The number of nitrogens with two attached hydrogens (primary N) is 1. The molecule has 228 valence electrons. The highest BCUT2D eigenvalue weighted by atomic mass is 16.2. The van der Waals surface area contributed by atoms with Crippen LogP contribution >= 0.6 is 0 Å². The molecule has 4 N–H and O–H groups in total. The number of fused-ring (bicyclic) bond motifs is 10. The zero-order valence-electron chi connectivity index (χ0n) is 25.4. The van der Waals surface area contributed by atoms with Gasteiger partial charge in [0, 0.05) is 5.56 Å². The first kappa shape index (κ1) is 26.4. The fraction of sp³-hybridized carbons (Fsp3) is 0. The summed E-state index contributed by atoms with van der Waals surface area (Å²) in [7, 11) is 0. The van der Waals surface area contributed by atoms with Gasteiger partial charge in [0.1, 0.15) is 5.82 Å². The minimum absolute atomic E-state index is 0.110. The van der Waals surface area contributed by atoms with E-state index < -0.39 is 0 Å². The fourth-order valence-electron chi connectivity index (χ4n) is 6.96. The van der Waals surface area contributed by atoms with Gasteiger partial charge in [0.25, 0.3) is 5.91 Å². The van der Waals surface area contributed by atoms with Crippen molar-refractivity contribution in [1.82, 2.24) is 23.5 Å². The topological polar surface area (TPSA) is 107 Å². The Morgan fingerprint density at radius 3 is 1.85 bits per heavy atom. The summed E-state index contributed by atoms with van der Waals surface area (Å²) in [5, 5.41) is 7.19. The summed E-state index contributed by atoms with van der Waals surface area (Å²) in [6.07, 6.45) is 0. The van der Waals surface area contributed by atoms with E-state index in [1.54, 1.807) is 4.57 Å². The Bertz CT molecular complexity index is 2790. The predicted octanol–water partition coefficient (Wildman–Crippen LogP) is 8.52. The Balaban J connectivity index is 1.24. The molecule has 0 fully saturated rings. The second-order valence-corrected chi connectivity index (χ2v) is 11.9. The minimum Gasteiger partial charge on any atom is -0.397 e. The Kier molecular flexibility index (Phi) is 5.39. The number of carbonyl (C=O) groups excluding carboxylic acids is 1. The van der Waals surface area contributed by atoms with Crippen molar-refractivity contribution in [1.29, 1.82) is 0 Å². The number of anilines is 5. The maximum Gasteiger partial charge on any atom is 0.264 e. The molecule has 0 saturated heterocycles. The van der Waals surface area contributed by atoms with Crippen LogP contribution in [0.15, 0.2) is 133 Å². The van der Waals surface area contributed by atoms with Crippen molar-refractivity contribution in [2.75, 3.05) is 16.4 Å². The highest BCUT2D eigenvalue weighted by Gasteiger charge is 2.32. The van der Waals surface area contributed by atoms with E-state index in [9.17, 15) is 4.79 Å². The Morgan fingerprint density at radius 2 is 1.10 bits per heavy atom. The molecular formula is C39H26N8O. The number of nitrogens with zero attached hydrogens (tertiary/aromatic N) is 5. The quantitative estimate of drug-likeness (QED) is 0.166. The number of carbonyl (C=O) groups is 1. The SMILES string of the molecule is Nc1ccccc1Nc1ccccc1Nc1cc2c(cc1-n1c3ccccc3n3c4ccccc4nc13)-c1nc3ccccc3n1C2=O. The Labute approximate surface area is 273 Å². The lowest BCUT2D eigenvalue weighted by atomic mass is 10.1. The van der Waals surface area contributed by atoms with Crippen LogP contribution < -0.4 is 16.4 Å². The molecule has 0 spiro atoms. The molecule has 4 heterocycles. The van der Waals surface area contributed by atoms with E-state index >= 15 is 0 Å². The summed E-state index contributed by atoms with van der Waals surface area (Å²) in [6, 6.07) is 43.8. The van der Waals surface area contributed by atoms with Crippen molar-refractivity contribution in [3.63, 3.8) is 0 Å². The largest absolute Gasteiger partial charge is 0.397 e. The summed E-state index contributed by atoms with van der Waals surface area (Å²) in [5.41, 5.74) is 17.8. The molecule has 9 aromatic rings. The average Bonchev–Trinajstić information content (AvgIpc) is 3.84. The minimum atomic E-state index is -0.110. The van der Waals surface area contributed by atoms with Gasteiger partial charge in [-0.3, -0.25) is 18.3 Å². The molecule has 10 rings (SSSR count). The van der Waals surface area contributed by atoms with Crippen LogP contribution in [0, 0.1) is 0 Å². The van der Waals surface area contributed by atoms with E-state index in [1.807, 2.05) is 109 Å². The summed E-state index contributed by atoms with van der Waals surface area (Å²) < 4.78 is 6.07. The zero-order valence-corrected chi connectivity index (χ0v) is 25.4. The number of para-hydroxylation sites is 10. The van der Waals surface area contributed by atoms with E-state index in [0.29, 0.717) is 17.1 Å². The summed E-state index contributed by atoms with van der Waals surface area (Å²) in [6.45, 7) is 0. The third-order valence-electron chi connectivity index (χ3n) is 9.15. The van der Waals surface area contributed by atoms with Crippen molar-refractivity contribution >= 4 is 73.2 Å². The molecule has 9 nitrogen and oxygen atoms in total. The number of hydrogen-bond donors (Lipinski definition) is 3. The lowest BCUT2D eigenvalue weighted by molar-refractivity contribution is 0.0973. The van der Waals surface area contributed by atoms with Crippen LogP contribution in [0.3, 0.4) is 0 Å². The first-order valence-corrected chi connectivity index (χ1v) is 15.7. The number of hydrogen-bond acceptors (Lipinski definition) is 6. The van der Waals surface area contributed by atoms with Crippen LogP contribution in [-0.2, 0) is 0 Å². The van der Waals surface area contributed by atoms with E-state index in [1.165, 1.54) is 0 Å². The average molecular weight is 623 g/mol. The van der Waals surface area contributed by atoms with Gasteiger partial charge in [-0.15, -0.1) is 0 Å². The van der Waals surface area contributed by atoms with Crippen molar-refractivity contribution in [2.45, 2.75) is 0 Å². The number of nitrogens with one attached hydrogen (secondary N) is 2. The molecule has 0 saturated carbocycles. The predicted molar refractivity (Wildman–Crippen MR) is 192 cm³/mol. The zero-order chi connectivity index (χ0) is 31.9. The third kappa shape index (κ3) is 3.69. The van der Waals surface area contributed by atoms with Crippen molar-refractivity contribution in [3.8, 4) is 17.1 Å². The van der Waals surface area contributed by atoms with Gasteiger partial charge in [-0.05, 0) is 72.8 Å². The molecule has 0 unspecified atom stereocenters. The standard InChI is InChI=1S/C39H26N8O/c40-25-11-1-2-12-26(25)41-27-13-3-4-14-28(27)42-31-21-24-23(37-43-29-15-5-8-18-33(29)47(37)38(24)48)22-36(31)46-35-20-10-9-19-34(35)45-32-17-7-6-16-30(32)44-39(45)46/h1-22,41-42H,40H2. The van der Waals surface area contributed by atoms with Crippen LogP contribution in [0.5, 0.6) is 0 Å². The maximum absolute atomic E-state index is 14.1. The first-order valence-electron chi connectivity index (χ1n) is 15.7. The summed E-state index contributed by atoms with van der Waals surface area (Å²) in [5.74, 6) is 1.29. The molecule has 0 bridgehead atoms. The van der Waals surface area contributed by atoms with Crippen LogP contribution in [0.2, 0.25) is 0 Å². The lowest BCUT2D eigenvalue weighted by Gasteiger charge is -2.19. The van der Waals surface area contributed by atoms with Crippen LogP contribution in [-0.4, -0.2) is 29.4 Å². The van der Waals surface area contributed by atoms with E-state index in [-0.39, 0.29) is 5.91 Å². The Morgan fingerprint density at radius 1 is 0.521 bits per heavy atom. The van der Waals surface area contributed by atoms with Gasteiger partial charge < -0.3 is 16.4 Å². The number of nitrogen functional groups attached to an aromatic ring is 1. The van der Waals surface area contributed by atoms with E-state index in [0.717, 1.165) is 72.9 Å². The summed E-state index contributed by atoms with van der Waals surface area (Å²) >= 11 is 0. The van der Waals surface area contributed by atoms with Gasteiger partial charge in [-0.25, -0.2) is 9.97 Å². The van der Waals surface area contributed by atoms with Gasteiger partial charge in [-0.1, -0.05) is 60.7 Å². The number of rotatable bonds is 5. The molecule has 3 aromatic heterocycles. The van der Waals surface area contributed by atoms with Gasteiger partial charge in [0.2, 0.25) is 5.78 Å². The maximum atomic E-state index is 14.1. The molecule has 0 atom stereocenters. The van der Waals surface area contributed by atoms with E-state index in [4.69, 9.17) is 15.7 Å². The highest BCUT2D eigenvalue weighted by molar-refractivity contribution is 6.14. The monoisotopic (exact) mass is 622 g/mol. The normalized spacial score (nSPS) is 12.3.